The number of hydrogen-bond acceptors (Lipinski definition) is 5. The molecule has 1 unspecified atom stereocenters. The molecule has 3 aromatic carbocycles. The van der Waals surface area contributed by atoms with Gasteiger partial charge in [0.05, 0.1) is 18.1 Å². The molecular formula is C25H22N4O4. The number of benzene rings is 3. The second-order valence-corrected chi connectivity index (χ2v) is 8.03. The maximum Gasteiger partial charge on any atom is 0.413 e. The molecule has 1 aliphatic heterocycles. The highest BCUT2D eigenvalue weighted by Gasteiger charge is 2.49. The molecule has 0 bridgehead atoms. The maximum atomic E-state index is 13.4. The van der Waals surface area contributed by atoms with Crippen LogP contribution >= 0.6 is 0 Å². The Hall–Kier alpha value is -4.17. The van der Waals surface area contributed by atoms with Gasteiger partial charge in [0.1, 0.15) is 0 Å². The van der Waals surface area contributed by atoms with E-state index in [4.69, 9.17) is 0 Å². The fourth-order valence-electron chi connectivity index (χ4n) is 4.34. The van der Waals surface area contributed by atoms with Gasteiger partial charge in [0, 0.05) is 23.2 Å². The number of rotatable bonds is 4. The van der Waals surface area contributed by atoms with Gasteiger partial charge in [-0.25, -0.2) is 9.78 Å². The van der Waals surface area contributed by atoms with Crippen LogP contribution in [0.15, 0.2) is 66.7 Å². The van der Waals surface area contributed by atoms with Crippen LogP contribution in [0.25, 0.3) is 11.0 Å². The third-order valence-corrected chi connectivity index (χ3v) is 5.88. The molecule has 0 fully saturated rings. The number of fused-ring (bicyclic) bond motifs is 2. The molecule has 1 aliphatic rings. The zero-order valence-electron chi connectivity index (χ0n) is 18.1. The molecule has 0 saturated carbocycles. The molecule has 0 spiro atoms. The average molecular weight is 442 g/mol. The van der Waals surface area contributed by atoms with Gasteiger partial charge >= 0.3 is 6.09 Å². The SMILES string of the molecule is COC(=O)Nc1nc2ccc(C3(O)c4ccccc4C(=O)N3Cc3cccc(C)c3)cc2[nH]1. The van der Waals surface area contributed by atoms with E-state index >= 15 is 0 Å². The van der Waals surface area contributed by atoms with E-state index in [1.807, 2.05) is 31.2 Å². The maximum absolute atomic E-state index is 13.4. The molecule has 0 saturated heterocycles. The van der Waals surface area contributed by atoms with Crippen molar-refractivity contribution in [3.63, 3.8) is 0 Å². The molecule has 2 heterocycles. The second-order valence-electron chi connectivity index (χ2n) is 8.03. The Morgan fingerprint density at radius 2 is 1.97 bits per heavy atom. The Balaban J connectivity index is 1.61. The van der Waals surface area contributed by atoms with Crippen molar-refractivity contribution in [2.45, 2.75) is 19.2 Å². The van der Waals surface area contributed by atoms with Gasteiger partial charge in [0.25, 0.3) is 5.91 Å². The van der Waals surface area contributed by atoms with Crippen LogP contribution in [0, 0.1) is 6.92 Å². The number of nitrogens with one attached hydrogen (secondary N) is 2. The van der Waals surface area contributed by atoms with Crippen LogP contribution in [0.1, 0.15) is 32.6 Å². The van der Waals surface area contributed by atoms with E-state index in [0.29, 0.717) is 27.7 Å². The van der Waals surface area contributed by atoms with E-state index in [-0.39, 0.29) is 18.4 Å². The molecule has 4 aromatic rings. The van der Waals surface area contributed by atoms with Gasteiger partial charge in [-0.15, -0.1) is 0 Å². The highest BCUT2D eigenvalue weighted by molar-refractivity contribution is 6.00. The van der Waals surface area contributed by atoms with Gasteiger partial charge < -0.3 is 14.8 Å². The molecule has 166 valence electrons. The molecule has 5 rings (SSSR count). The number of imidazole rings is 1. The standard InChI is InChI=1S/C25H22N4O4/c1-15-6-5-7-16(12-15)14-29-22(30)18-8-3-4-9-19(18)25(29,32)17-10-11-20-21(13-17)27-23(26-20)28-24(31)33-2/h3-13,32H,14H2,1-2H3,(H2,26,27,28,31). The minimum absolute atomic E-state index is 0.223. The summed E-state index contributed by atoms with van der Waals surface area (Å²) < 4.78 is 4.61. The van der Waals surface area contributed by atoms with Crippen molar-refractivity contribution >= 4 is 29.0 Å². The predicted octanol–water partition coefficient (Wildman–Crippen LogP) is 3.90. The molecule has 0 radical (unpaired) electrons. The van der Waals surface area contributed by atoms with Crippen LogP contribution in [0.2, 0.25) is 0 Å². The third-order valence-electron chi connectivity index (χ3n) is 5.88. The zero-order valence-corrected chi connectivity index (χ0v) is 18.1. The average Bonchev–Trinajstić information content (AvgIpc) is 3.31. The monoisotopic (exact) mass is 442 g/mol. The van der Waals surface area contributed by atoms with Crippen LogP contribution in [-0.4, -0.2) is 39.1 Å². The summed E-state index contributed by atoms with van der Waals surface area (Å²) in [6, 6.07) is 20.2. The molecule has 0 aliphatic carbocycles. The minimum Gasteiger partial charge on any atom is -0.453 e. The topological polar surface area (TPSA) is 108 Å². The van der Waals surface area contributed by atoms with E-state index in [1.165, 1.54) is 12.0 Å². The third kappa shape index (κ3) is 3.41. The Morgan fingerprint density at radius 1 is 1.15 bits per heavy atom. The normalized spacial score (nSPS) is 17.3. The zero-order chi connectivity index (χ0) is 23.2. The lowest BCUT2D eigenvalue weighted by atomic mass is 9.93. The lowest BCUT2D eigenvalue weighted by Crippen LogP contribution is -2.44. The number of methoxy groups -OCH3 is 1. The quantitative estimate of drug-likeness (QED) is 0.444. The first-order valence-electron chi connectivity index (χ1n) is 10.4. The lowest BCUT2D eigenvalue weighted by Gasteiger charge is -2.35. The number of carbonyl (C=O) groups excluding carboxylic acids is 2. The first kappa shape index (κ1) is 20.7. The number of anilines is 1. The fraction of sp³-hybridized carbons (Fsp3) is 0.160. The summed E-state index contributed by atoms with van der Waals surface area (Å²) in [5.41, 5.74) is 3.00. The van der Waals surface area contributed by atoms with Crippen molar-refractivity contribution in [3.05, 3.63) is 94.5 Å². The largest absolute Gasteiger partial charge is 0.453 e. The number of ether oxygens (including phenoxy) is 1. The van der Waals surface area contributed by atoms with E-state index in [2.05, 4.69) is 20.0 Å². The minimum atomic E-state index is -1.67. The Labute approximate surface area is 189 Å². The van der Waals surface area contributed by atoms with Crippen LogP contribution in [-0.2, 0) is 17.0 Å². The first-order chi connectivity index (χ1) is 15.9. The summed E-state index contributed by atoms with van der Waals surface area (Å²) >= 11 is 0. The Bertz CT molecular complexity index is 1400. The molecular weight excluding hydrogens is 420 g/mol. The Morgan fingerprint density at radius 3 is 2.76 bits per heavy atom. The van der Waals surface area contributed by atoms with E-state index in [0.717, 1.165) is 11.1 Å². The summed E-state index contributed by atoms with van der Waals surface area (Å²) in [7, 11) is 1.27. The van der Waals surface area contributed by atoms with Crippen molar-refractivity contribution < 1.29 is 19.4 Å². The van der Waals surface area contributed by atoms with Gasteiger partial charge in [-0.05, 0) is 30.7 Å². The van der Waals surface area contributed by atoms with Gasteiger partial charge in [0.2, 0.25) is 5.95 Å². The summed E-state index contributed by atoms with van der Waals surface area (Å²) in [5.74, 6) is -0.0205. The van der Waals surface area contributed by atoms with Gasteiger partial charge in [-0.3, -0.25) is 15.0 Å². The second kappa shape index (κ2) is 7.75. The first-order valence-corrected chi connectivity index (χ1v) is 10.4. The van der Waals surface area contributed by atoms with E-state index in [1.54, 1.807) is 42.5 Å². The Kier molecular flexibility index (Phi) is 4.87. The molecule has 2 amide bonds. The molecule has 1 atom stereocenters. The van der Waals surface area contributed by atoms with E-state index in [9.17, 15) is 14.7 Å². The van der Waals surface area contributed by atoms with Crippen molar-refractivity contribution in [3.8, 4) is 0 Å². The summed E-state index contributed by atoms with van der Waals surface area (Å²) in [5, 5.41) is 14.6. The molecule has 8 nitrogen and oxygen atoms in total. The molecule has 3 N–H and O–H groups in total. The van der Waals surface area contributed by atoms with Crippen LogP contribution < -0.4 is 5.32 Å². The number of aliphatic hydroxyl groups is 1. The number of H-pyrrole nitrogens is 1. The van der Waals surface area contributed by atoms with Crippen molar-refractivity contribution in [2.24, 2.45) is 0 Å². The number of hydrogen-bond donors (Lipinski definition) is 3. The predicted molar refractivity (Wildman–Crippen MR) is 123 cm³/mol. The highest BCUT2D eigenvalue weighted by Crippen LogP contribution is 2.43. The number of aromatic nitrogens is 2. The highest BCUT2D eigenvalue weighted by atomic mass is 16.5. The number of aryl methyl sites for hydroxylation is 1. The van der Waals surface area contributed by atoms with Crippen molar-refractivity contribution in [1.82, 2.24) is 14.9 Å². The van der Waals surface area contributed by atoms with Crippen molar-refractivity contribution in [2.75, 3.05) is 12.4 Å². The van der Waals surface area contributed by atoms with Gasteiger partial charge in [0.15, 0.2) is 5.72 Å². The number of amides is 2. The molecule has 8 heteroatoms. The number of carbonyl (C=O) groups is 2. The van der Waals surface area contributed by atoms with E-state index < -0.39 is 11.8 Å². The van der Waals surface area contributed by atoms with Gasteiger partial charge in [-0.1, -0.05) is 54.1 Å². The van der Waals surface area contributed by atoms with Crippen molar-refractivity contribution in [1.29, 1.82) is 0 Å². The summed E-state index contributed by atoms with van der Waals surface area (Å²) in [6.45, 7) is 2.23. The number of aromatic amines is 1. The molecule has 1 aromatic heterocycles. The van der Waals surface area contributed by atoms with Gasteiger partial charge in [-0.2, -0.15) is 0 Å². The summed E-state index contributed by atoms with van der Waals surface area (Å²) in [6.07, 6.45) is -0.646. The lowest BCUT2D eigenvalue weighted by molar-refractivity contribution is -0.0542. The smallest absolute Gasteiger partial charge is 0.413 e. The summed E-state index contributed by atoms with van der Waals surface area (Å²) in [4.78, 5) is 33.7. The molecule has 33 heavy (non-hydrogen) atoms. The van der Waals surface area contributed by atoms with Crippen LogP contribution in [0.4, 0.5) is 10.7 Å². The number of nitrogens with zero attached hydrogens (tertiary/aromatic N) is 2. The van der Waals surface area contributed by atoms with Crippen LogP contribution in [0.5, 0.6) is 0 Å². The fourth-order valence-corrected chi connectivity index (χ4v) is 4.34. The van der Waals surface area contributed by atoms with Crippen LogP contribution in [0.3, 0.4) is 0 Å².